The molecular weight excluding hydrogens is 373 g/mol. The Balaban J connectivity index is 2.00. The van der Waals surface area contributed by atoms with Gasteiger partial charge in [-0.2, -0.15) is 21.6 Å². The van der Waals surface area contributed by atoms with Crippen LogP contribution in [0.2, 0.25) is 0 Å². The molecule has 0 aliphatic heterocycles. The van der Waals surface area contributed by atoms with Crippen molar-refractivity contribution in [1.82, 2.24) is 0 Å². The summed E-state index contributed by atoms with van der Waals surface area (Å²) in [6, 6.07) is 9.22. The van der Waals surface area contributed by atoms with Gasteiger partial charge in [0.05, 0.1) is 5.56 Å². The highest BCUT2D eigenvalue weighted by Crippen LogP contribution is 2.34. The summed E-state index contributed by atoms with van der Waals surface area (Å²) in [6.07, 6.45) is -4.69. The molecule has 26 heavy (non-hydrogen) atoms. The molecule has 0 bridgehead atoms. The Bertz CT molecular complexity index is 1150. The molecular formula is C17H11F3O5S. The van der Waals surface area contributed by atoms with E-state index in [1.165, 1.54) is 37.3 Å². The van der Waals surface area contributed by atoms with Gasteiger partial charge in [0.2, 0.25) is 0 Å². The van der Waals surface area contributed by atoms with Crippen molar-refractivity contribution in [2.75, 3.05) is 0 Å². The summed E-state index contributed by atoms with van der Waals surface area (Å²) in [7, 11) is -4.51. The molecule has 0 fully saturated rings. The van der Waals surface area contributed by atoms with Crippen LogP contribution in [0.15, 0.2) is 62.6 Å². The van der Waals surface area contributed by atoms with Crippen molar-refractivity contribution in [2.45, 2.75) is 18.0 Å². The summed E-state index contributed by atoms with van der Waals surface area (Å²) in [5.41, 5.74) is -1.72. The number of rotatable bonds is 3. The maximum absolute atomic E-state index is 13.0. The van der Waals surface area contributed by atoms with Gasteiger partial charge in [-0.05, 0) is 42.8 Å². The molecule has 0 unspecified atom stereocenters. The number of aryl methyl sites for hydroxylation is 1. The molecule has 5 nitrogen and oxygen atoms in total. The highest BCUT2D eigenvalue weighted by atomic mass is 32.2. The van der Waals surface area contributed by atoms with Crippen molar-refractivity contribution in [3.05, 3.63) is 70.1 Å². The van der Waals surface area contributed by atoms with Crippen molar-refractivity contribution < 1.29 is 30.2 Å². The minimum absolute atomic E-state index is 0.0880. The van der Waals surface area contributed by atoms with E-state index in [1.54, 1.807) is 0 Å². The molecule has 0 N–H and O–H groups in total. The van der Waals surface area contributed by atoms with Crippen LogP contribution in [-0.2, 0) is 16.3 Å². The largest absolute Gasteiger partial charge is 0.423 e. The van der Waals surface area contributed by atoms with Gasteiger partial charge in [-0.15, -0.1) is 0 Å². The van der Waals surface area contributed by atoms with E-state index < -0.39 is 32.4 Å². The average molecular weight is 384 g/mol. The van der Waals surface area contributed by atoms with Gasteiger partial charge in [-0.1, -0.05) is 6.07 Å². The minimum Gasteiger partial charge on any atom is -0.423 e. The lowest BCUT2D eigenvalue weighted by atomic mass is 10.1. The van der Waals surface area contributed by atoms with E-state index in [9.17, 15) is 26.4 Å². The standard InChI is InChI=1S/C17H11F3O5S/c1-10-2-6-13(9-14(10)17(18,19)20)26(22,23)25-12-5-3-11-4-7-16(21)24-15(11)8-12/h2-9H,1H3. The van der Waals surface area contributed by atoms with E-state index in [-0.39, 0.29) is 16.9 Å². The second-order valence-corrected chi connectivity index (χ2v) is 7.01. The Kier molecular flexibility index (Phi) is 4.27. The van der Waals surface area contributed by atoms with E-state index in [2.05, 4.69) is 0 Å². The first kappa shape index (κ1) is 18.0. The van der Waals surface area contributed by atoms with Crippen LogP contribution in [0.5, 0.6) is 5.75 Å². The average Bonchev–Trinajstić information content (AvgIpc) is 2.53. The van der Waals surface area contributed by atoms with Gasteiger partial charge in [-0.3, -0.25) is 0 Å². The molecule has 3 aromatic rings. The zero-order valence-corrected chi connectivity index (χ0v) is 14.0. The fourth-order valence-corrected chi connectivity index (χ4v) is 3.28. The first-order valence-electron chi connectivity index (χ1n) is 7.22. The fraction of sp³-hybridized carbons (Fsp3) is 0.118. The lowest BCUT2D eigenvalue weighted by Gasteiger charge is -2.13. The molecule has 0 aliphatic carbocycles. The van der Waals surface area contributed by atoms with Crippen LogP contribution in [-0.4, -0.2) is 8.42 Å². The van der Waals surface area contributed by atoms with Crippen LogP contribution in [0.1, 0.15) is 11.1 Å². The predicted octanol–water partition coefficient (Wildman–Crippen LogP) is 3.89. The third kappa shape index (κ3) is 3.57. The Morgan fingerprint density at radius 2 is 1.69 bits per heavy atom. The number of hydrogen-bond acceptors (Lipinski definition) is 5. The molecule has 2 aromatic carbocycles. The van der Waals surface area contributed by atoms with Gasteiger partial charge < -0.3 is 8.60 Å². The summed E-state index contributed by atoms with van der Waals surface area (Å²) in [5.74, 6) is -0.194. The van der Waals surface area contributed by atoms with E-state index >= 15 is 0 Å². The van der Waals surface area contributed by atoms with Gasteiger partial charge >= 0.3 is 21.9 Å². The Morgan fingerprint density at radius 3 is 2.38 bits per heavy atom. The zero-order valence-electron chi connectivity index (χ0n) is 13.2. The monoisotopic (exact) mass is 384 g/mol. The molecule has 3 rings (SSSR count). The number of alkyl halides is 3. The van der Waals surface area contributed by atoms with Gasteiger partial charge in [-0.25, -0.2) is 4.79 Å². The van der Waals surface area contributed by atoms with Gasteiger partial charge in [0.1, 0.15) is 16.2 Å². The van der Waals surface area contributed by atoms with E-state index in [0.29, 0.717) is 11.5 Å². The summed E-state index contributed by atoms with van der Waals surface area (Å²) in [5, 5.41) is 0.532. The second kappa shape index (κ2) is 6.17. The molecule has 9 heteroatoms. The number of fused-ring (bicyclic) bond motifs is 1. The predicted molar refractivity (Wildman–Crippen MR) is 86.5 cm³/mol. The molecule has 0 saturated heterocycles. The number of halogens is 3. The van der Waals surface area contributed by atoms with Crippen LogP contribution in [0.4, 0.5) is 13.2 Å². The lowest BCUT2D eigenvalue weighted by Crippen LogP contribution is -2.13. The first-order valence-corrected chi connectivity index (χ1v) is 8.63. The maximum atomic E-state index is 13.0. The molecule has 0 aliphatic rings. The summed E-state index contributed by atoms with van der Waals surface area (Å²) in [4.78, 5) is 10.6. The Hall–Kier alpha value is -2.81. The third-order valence-electron chi connectivity index (χ3n) is 3.60. The van der Waals surface area contributed by atoms with E-state index in [1.807, 2.05) is 0 Å². The molecule has 0 atom stereocenters. The Morgan fingerprint density at radius 1 is 1.00 bits per heavy atom. The summed E-state index contributed by atoms with van der Waals surface area (Å²) >= 11 is 0. The molecule has 0 amide bonds. The SMILES string of the molecule is Cc1ccc(S(=O)(=O)Oc2ccc3ccc(=O)oc3c2)cc1C(F)(F)F. The highest BCUT2D eigenvalue weighted by Gasteiger charge is 2.34. The van der Waals surface area contributed by atoms with Crippen molar-refractivity contribution in [1.29, 1.82) is 0 Å². The van der Waals surface area contributed by atoms with Gasteiger partial charge in [0, 0.05) is 17.5 Å². The quantitative estimate of drug-likeness (QED) is 0.506. The number of benzene rings is 2. The first-order chi connectivity index (χ1) is 12.1. The molecule has 1 heterocycles. The maximum Gasteiger partial charge on any atom is 0.416 e. The van der Waals surface area contributed by atoms with Crippen molar-refractivity contribution >= 4 is 21.1 Å². The highest BCUT2D eigenvalue weighted by molar-refractivity contribution is 7.87. The van der Waals surface area contributed by atoms with Crippen molar-refractivity contribution in [2.24, 2.45) is 0 Å². The van der Waals surface area contributed by atoms with Crippen LogP contribution in [0, 0.1) is 6.92 Å². The van der Waals surface area contributed by atoms with Crippen molar-refractivity contribution in [3.8, 4) is 5.75 Å². The van der Waals surface area contributed by atoms with E-state index in [0.717, 1.165) is 12.1 Å². The summed E-state index contributed by atoms with van der Waals surface area (Å²) in [6.45, 7) is 1.23. The third-order valence-corrected chi connectivity index (χ3v) is 4.85. The molecule has 1 aromatic heterocycles. The van der Waals surface area contributed by atoms with Crippen LogP contribution < -0.4 is 9.81 Å². The summed E-state index contributed by atoms with van der Waals surface area (Å²) < 4.78 is 73.4. The zero-order chi connectivity index (χ0) is 19.1. The molecule has 136 valence electrons. The topological polar surface area (TPSA) is 73.6 Å². The van der Waals surface area contributed by atoms with Crippen LogP contribution in [0.3, 0.4) is 0 Å². The molecule has 0 radical (unpaired) electrons. The molecule has 0 spiro atoms. The van der Waals surface area contributed by atoms with E-state index in [4.69, 9.17) is 8.60 Å². The van der Waals surface area contributed by atoms with Crippen molar-refractivity contribution in [3.63, 3.8) is 0 Å². The minimum atomic E-state index is -4.69. The number of hydrogen-bond donors (Lipinski definition) is 0. The smallest absolute Gasteiger partial charge is 0.416 e. The van der Waals surface area contributed by atoms with Gasteiger partial charge in [0.15, 0.2) is 0 Å². The lowest BCUT2D eigenvalue weighted by molar-refractivity contribution is -0.138. The normalized spacial score (nSPS) is 12.3. The van der Waals surface area contributed by atoms with Crippen LogP contribution in [0.25, 0.3) is 11.0 Å². The molecule has 0 saturated carbocycles. The fourth-order valence-electron chi connectivity index (χ4n) is 2.33. The Labute approximate surface area is 145 Å². The second-order valence-electron chi connectivity index (χ2n) is 5.47. The van der Waals surface area contributed by atoms with Crippen LogP contribution >= 0.6 is 0 Å². The van der Waals surface area contributed by atoms with Gasteiger partial charge in [0.25, 0.3) is 0 Å².